The normalized spacial score (nSPS) is 10.4. The number of aromatic nitrogens is 3. The van der Waals surface area contributed by atoms with Crippen molar-refractivity contribution in [1.29, 1.82) is 0 Å². The number of hydrogen-bond acceptors (Lipinski definition) is 5. The van der Waals surface area contributed by atoms with Crippen LogP contribution in [-0.2, 0) is 4.79 Å². The zero-order chi connectivity index (χ0) is 17.5. The summed E-state index contributed by atoms with van der Waals surface area (Å²) in [6, 6.07) is 7.09. The minimum atomic E-state index is -0.133. The van der Waals surface area contributed by atoms with E-state index in [0.717, 1.165) is 0 Å². The Morgan fingerprint density at radius 2 is 2.12 bits per heavy atom. The summed E-state index contributed by atoms with van der Waals surface area (Å²) in [6.07, 6.45) is 5.91. The van der Waals surface area contributed by atoms with E-state index in [4.69, 9.17) is 0 Å². The van der Waals surface area contributed by atoms with Gasteiger partial charge in [0, 0.05) is 42.5 Å². The van der Waals surface area contributed by atoms with Crippen molar-refractivity contribution in [3.8, 4) is 5.82 Å². The number of anilines is 1. The average molecular weight is 355 g/mol. The molecule has 3 heterocycles. The zero-order valence-corrected chi connectivity index (χ0v) is 14.2. The van der Waals surface area contributed by atoms with Gasteiger partial charge in [0.05, 0.1) is 5.69 Å². The first-order chi connectivity index (χ1) is 12.2. The Balaban J connectivity index is 1.48. The topological polar surface area (TPSA) is 88.9 Å². The highest BCUT2D eigenvalue weighted by molar-refractivity contribution is 7.08. The van der Waals surface area contributed by atoms with E-state index in [-0.39, 0.29) is 11.8 Å². The fourth-order valence-corrected chi connectivity index (χ4v) is 2.87. The first-order valence-electron chi connectivity index (χ1n) is 7.79. The van der Waals surface area contributed by atoms with E-state index in [1.807, 2.05) is 5.38 Å². The van der Waals surface area contributed by atoms with Gasteiger partial charge in [-0.3, -0.25) is 9.59 Å². The summed E-state index contributed by atoms with van der Waals surface area (Å²) >= 11 is 1.48. The summed E-state index contributed by atoms with van der Waals surface area (Å²) in [6.45, 7) is 0.446. The molecule has 0 spiro atoms. The summed E-state index contributed by atoms with van der Waals surface area (Å²) in [5.41, 5.74) is 1.24. The van der Waals surface area contributed by atoms with Crippen LogP contribution in [0.5, 0.6) is 0 Å². The number of hydrogen-bond donors (Lipinski definition) is 2. The molecule has 0 aliphatic heterocycles. The minimum Gasteiger partial charge on any atom is -0.352 e. The van der Waals surface area contributed by atoms with Crippen LogP contribution < -0.4 is 10.6 Å². The molecule has 0 saturated heterocycles. The van der Waals surface area contributed by atoms with Crippen molar-refractivity contribution in [3.05, 3.63) is 59.2 Å². The molecule has 3 aromatic rings. The average Bonchev–Trinajstić information content (AvgIpc) is 3.32. The molecule has 3 rings (SSSR count). The van der Waals surface area contributed by atoms with Gasteiger partial charge in [-0.2, -0.15) is 16.4 Å². The molecule has 0 saturated carbocycles. The molecule has 0 bridgehead atoms. The maximum Gasteiger partial charge on any atom is 0.252 e. The molecule has 0 unspecified atom stereocenters. The predicted molar refractivity (Wildman–Crippen MR) is 95.9 cm³/mol. The molecule has 2 N–H and O–H groups in total. The van der Waals surface area contributed by atoms with Crippen LogP contribution in [-0.4, -0.2) is 33.1 Å². The van der Waals surface area contributed by atoms with E-state index < -0.39 is 0 Å². The lowest BCUT2D eigenvalue weighted by molar-refractivity contribution is -0.116. The maximum absolute atomic E-state index is 12.1. The van der Waals surface area contributed by atoms with Gasteiger partial charge in [-0.25, -0.2) is 9.67 Å². The van der Waals surface area contributed by atoms with Gasteiger partial charge < -0.3 is 10.6 Å². The lowest BCUT2D eigenvalue weighted by Gasteiger charge is -2.10. The van der Waals surface area contributed by atoms with Crippen LogP contribution in [0.15, 0.2) is 53.6 Å². The fraction of sp³-hybridized carbons (Fsp3) is 0.176. The number of nitrogens with one attached hydrogen (secondary N) is 2. The van der Waals surface area contributed by atoms with Crippen LogP contribution in [0.4, 0.5) is 5.69 Å². The predicted octanol–water partition coefficient (Wildman–Crippen LogP) is 2.48. The van der Waals surface area contributed by atoms with Crippen LogP contribution >= 0.6 is 11.3 Å². The van der Waals surface area contributed by atoms with Crippen molar-refractivity contribution in [2.75, 3.05) is 11.9 Å². The zero-order valence-electron chi connectivity index (χ0n) is 13.4. The molecule has 0 fully saturated rings. The van der Waals surface area contributed by atoms with Gasteiger partial charge in [0.15, 0.2) is 5.82 Å². The van der Waals surface area contributed by atoms with E-state index in [1.54, 1.807) is 52.9 Å². The van der Waals surface area contributed by atoms with Crippen molar-refractivity contribution < 1.29 is 9.59 Å². The molecular weight excluding hydrogens is 338 g/mol. The maximum atomic E-state index is 12.1. The Morgan fingerprint density at radius 3 is 2.88 bits per heavy atom. The monoisotopic (exact) mass is 355 g/mol. The molecule has 25 heavy (non-hydrogen) atoms. The van der Waals surface area contributed by atoms with Crippen molar-refractivity contribution in [3.63, 3.8) is 0 Å². The summed E-state index contributed by atoms with van der Waals surface area (Å²) in [5.74, 6) is 0.313. The number of rotatable bonds is 7. The summed E-state index contributed by atoms with van der Waals surface area (Å²) in [7, 11) is 0. The summed E-state index contributed by atoms with van der Waals surface area (Å²) in [4.78, 5) is 28.2. The van der Waals surface area contributed by atoms with Gasteiger partial charge in [0.2, 0.25) is 5.91 Å². The smallest absolute Gasteiger partial charge is 0.252 e. The van der Waals surface area contributed by atoms with E-state index in [1.165, 1.54) is 11.3 Å². The molecule has 2 amide bonds. The second-order valence-electron chi connectivity index (χ2n) is 5.24. The van der Waals surface area contributed by atoms with E-state index >= 15 is 0 Å². The quantitative estimate of drug-likeness (QED) is 0.637. The number of nitrogens with zero attached hydrogens (tertiary/aromatic N) is 3. The van der Waals surface area contributed by atoms with E-state index in [0.29, 0.717) is 36.5 Å². The Kier molecular flexibility index (Phi) is 5.53. The number of thiophene rings is 1. The van der Waals surface area contributed by atoms with Gasteiger partial charge in [-0.05, 0) is 36.1 Å². The number of amides is 2. The second kappa shape index (κ2) is 8.20. The van der Waals surface area contributed by atoms with Gasteiger partial charge in [-0.1, -0.05) is 0 Å². The molecule has 0 radical (unpaired) electrons. The van der Waals surface area contributed by atoms with E-state index in [9.17, 15) is 9.59 Å². The van der Waals surface area contributed by atoms with Crippen LogP contribution in [0, 0.1) is 0 Å². The Hall–Kier alpha value is -3.00. The SMILES string of the molecule is O=C(CCCNC(=O)c1ccsc1)Nc1cccnc1-n1cccn1. The van der Waals surface area contributed by atoms with Crippen molar-refractivity contribution >= 4 is 28.8 Å². The van der Waals surface area contributed by atoms with Gasteiger partial charge >= 0.3 is 0 Å². The Bertz CT molecular complexity index is 831. The number of pyridine rings is 1. The number of carbonyl (C=O) groups is 2. The summed E-state index contributed by atoms with van der Waals surface area (Å²) < 4.78 is 1.59. The fourth-order valence-electron chi connectivity index (χ4n) is 2.23. The lowest BCUT2D eigenvalue weighted by Crippen LogP contribution is -2.25. The molecule has 3 aromatic heterocycles. The van der Waals surface area contributed by atoms with Crippen molar-refractivity contribution in [2.45, 2.75) is 12.8 Å². The largest absolute Gasteiger partial charge is 0.352 e. The highest BCUT2D eigenvalue weighted by Crippen LogP contribution is 2.16. The first kappa shape index (κ1) is 16.8. The molecule has 8 heteroatoms. The molecule has 0 atom stereocenters. The molecular formula is C17H17N5O2S. The molecule has 0 aromatic carbocycles. The van der Waals surface area contributed by atoms with Gasteiger partial charge in [0.25, 0.3) is 5.91 Å². The van der Waals surface area contributed by atoms with Crippen LogP contribution in [0.25, 0.3) is 5.82 Å². The molecule has 0 aliphatic carbocycles. The third-order valence-electron chi connectivity index (χ3n) is 3.43. The molecule has 7 nitrogen and oxygen atoms in total. The van der Waals surface area contributed by atoms with Crippen LogP contribution in [0.3, 0.4) is 0 Å². The highest BCUT2D eigenvalue weighted by atomic mass is 32.1. The minimum absolute atomic E-state index is 0.116. The van der Waals surface area contributed by atoms with Gasteiger partial charge in [-0.15, -0.1) is 0 Å². The van der Waals surface area contributed by atoms with Crippen molar-refractivity contribution in [2.24, 2.45) is 0 Å². The number of carbonyl (C=O) groups excluding carboxylic acids is 2. The van der Waals surface area contributed by atoms with Crippen LogP contribution in [0.2, 0.25) is 0 Å². The van der Waals surface area contributed by atoms with E-state index in [2.05, 4.69) is 20.7 Å². The standard InChI is InChI=1S/C17H17N5O2S/c23-15(5-2-8-19-17(24)13-6-11-25-12-13)21-14-4-1-7-18-16(14)22-10-3-9-20-22/h1,3-4,6-7,9-12H,2,5,8H2,(H,19,24)(H,21,23). The van der Waals surface area contributed by atoms with Gasteiger partial charge in [0.1, 0.15) is 0 Å². The summed E-state index contributed by atoms with van der Waals surface area (Å²) in [5, 5.41) is 13.4. The first-order valence-corrected chi connectivity index (χ1v) is 8.73. The third kappa shape index (κ3) is 4.51. The molecule has 128 valence electrons. The Labute approximate surface area is 148 Å². The third-order valence-corrected chi connectivity index (χ3v) is 4.11. The Morgan fingerprint density at radius 1 is 1.20 bits per heavy atom. The van der Waals surface area contributed by atoms with Crippen LogP contribution in [0.1, 0.15) is 23.2 Å². The van der Waals surface area contributed by atoms with Crippen molar-refractivity contribution in [1.82, 2.24) is 20.1 Å². The second-order valence-corrected chi connectivity index (χ2v) is 6.02. The lowest BCUT2D eigenvalue weighted by atomic mass is 10.2. The highest BCUT2D eigenvalue weighted by Gasteiger charge is 2.10. The molecule has 0 aliphatic rings.